The molecule has 8 heteroatoms. The van der Waals surface area contributed by atoms with Gasteiger partial charge in [0.1, 0.15) is 10.8 Å². The third kappa shape index (κ3) is 3.24. The summed E-state index contributed by atoms with van der Waals surface area (Å²) in [6.07, 6.45) is 2.72. The number of rotatable bonds is 1. The molecular weight excluding hydrogens is 354 g/mol. The van der Waals surface area contributed by atoms with Gasteiger partial charge in [-0.25, -0.2) is 9.78 Å². The Balaban J connectivity index is 2.12. The summed E-state index contributed by atoms with van der Waals surface area (Å²) >= 11 is 6.35. The number of hydrogen-bond acceptors (Lipinski definition) is 5. The zero-order chi connectivity index (χ0) is 19.5. The minimum atomic E-state index is -0.659. The van der Waals surface area contributed by atoms with Crippen LogP contribution < -0.4 is 5.46 Å². The van der Waals surface area contributed by atoms with Crippen molar-refractivity contribution in [3.63, 3.8) is 0 Å². The summed E-state index contributed by atoms with van der Waals surface area (Å²) in [4.78, 5) is 16.8. The van der Waals surface area contributed by atoms with E-state index in [-0.39, 0.29) is 5.15 Å². The molecule has 2 aromatic heterocycles. The Morgan fingerprint density at radius 1 is 1.23 bits per heavy atom. The normalized spacial score (nSPS) is 19.2. The molecule has 3 heterocycles. The van der Waals surface area contributed by atoms with Gasteiger partial charge < -0.3 is 14.0 Å². The van der Waals surface area contributed by atoms with Crippen LogP contribution in [0.25, 0.3) is 10.9 Å². The fourth-order valence-corrected chi connectivity index (χ4v) is 3.04. The van der Waals surface area contributed by atoms with Gasteiger partial charge in [-0.2, -0.15) is 0 Å². The third-order valence-electron chi connectivity index (χ3n) is 4.80. The molecule has 140 valence electrons. The van der Waals surface area contributed by atoms with Crippen LogP contribution in [0.2, 0.25) is 5.15 Å². The molecular formula is C18H24BClN2O4. The molecule has 0 saturated carbocycles. The van der Waals surface area contributed by atoms with Crippen molar-refractivity contribution in [3.05, 3.63) is 23.6 Å². The molecule has 0 bridgehead atoms. The van der Waals surface area contributed by atoms with Crippen molar-refractivity contribution in [2.45, 2.75) is 65.3 Å². The molecule has 0 amide bonds. The smallest absolute Gasteiger partial charge is 0.443 e. The van der Waals surface area contributed by atoms with Gasteiger partial charge in [0, 0.05) is 23.2 Å². The van der Waals surface area contributed by atoms with Crippen molar-refractivity contribution in [2.24, 2.45) is 0 Å². The Hall–Kier alpha value is -1.57. The second-order valence-electron chi connectivity index (χ2n) is 8.52. The first kappa shape index (κ1) is 19.2. The van der Waals surface area contributed by atoms with Crippen molar-refractivity contribution in [2.75, 3.05) is 0 Å². The van der Waals surface area contributed by atoms with Crippen molar-refractivity contribution >= 4 is 41.2 Å². The second kappa shape index (κ2) is 5.97. The Morgan fingerprint density at radius 2 is 1.81 bits per heavy atom. The monoisotopic (exact) mass is 378 g/mol. The van der Waals surface area contributed by atoms with E-state index < -0.39 is 30.0 Å². The maximum atomic E-state index is 12.7. The van der Waals surface area contributed by atoms with Gasteiger partial charge in [0.05, 0.1) is 16.7 Å². The molecule has 0 atom stereocenters. The fraction of sp³-hybridized carbons (Fsp3) is 0.556. The fourth-order valence-electron chi connectivity index (χ4n) is 2.78. The summed E-state index contributed by atoms with van der Waals surface area (Å²) in [7, 11) is -0.659. The van der Waals surface area contributed by atoms with E-state index in [2.05, 4.69) is 4.98 Å². The maximum Gasteiger partial charge on any atom is 0.497 e. The van der Waals surface area contributed by atoms with Crippen LogP contribution in [-0.4, -0.2) is 39.6 Å². The SMILES string of the molecule is CC(C)(C)OC(=O)n1cc(B2OC(C)(C)C(C)(C)O2)c2c(Cl)nccc21. The molecule has 1 aliphatic rings. The van der Waals surface area contributed by atoms with Gasteiger partial charge in [0.25, 0.3) is 0 Å². The second-order valence-corrected chi connectivity index (χ2v) is 8.88. The van der Waals surface area contributed by atoms with E-state index in [4.69, 9.17) is 25.6 Å². The lowest BCUT2D eigenvalue weighted by atomic mass is 9.79. The van der Waals surface area contributed by atoms with Gasteiger partial charge in [-0.05, 0) is 54.5 Å². The van der Waals surface area contributed by atoms with E-state index in [9.17, 15) is 4.79 Å². The standard InChI is InChI=1S/C18H24BClN2O4/c1-16(2,3)24-15(23)22-10-11(13-12(22)8-9-21-14(13)20)19-25-17(4,5)18(6,7)26-19/h8-10H,1-7H3. The molecule has 6 nitrogen and oxygen atoms in total. The highest BCUT2D eigenvalue weighted by atomic mass is 35.5. The van der Waals surface area contributed by atoms with Crippen LogP contribution in [0.5, 0.6) is 0 Å². The first-order valence-electron chi connectivity index (χ1n) is 8.57. The van der Waals surface area contributed by atoms with Crippen LogP contribution in [-0.2, 0) is 14.0 Å². The predicted octanol–water partition coefficient (Wildman–Crippen LogP) is 3.77. The van der Waals surface area contributed by atoms with Crippen LogP contribution in [0.4, 0.5) is 4.79 Å². The maximum absolute atomic E-state index is 12.7. The van der Waals surface area contributed by atoms with Crippen molar-refractivity contribution in [1.82, 2.24) is 9.55 Å². The minimum absolute atomic E-state index is 0.287. The average molecular weight is 379 g/mol. The van der Waals surface area contributed by atoms with E-state index in [1.165, 1.54) is 4.57 Å². The summed E-state index contributed by atoms with van der Waals surface area (Å²) in [6.45, 7) is 13.3. The molecule has 1 fully saturated rings. The van der Waals surface area contributed by atoms with Gasteiger partial charge >= 0.3 is 13.2 Å². The van der Waals surface area contributed by atoms with E-state index in [0.29, 0.717) is 16.4 Å². The highest BCUT2D eigenvalue weighted by molar-refractivity contribution is 6.66. The highest BCUT2D eigenvalue weighted by Gasteiger charge is 2.52. The van der Waals surface area contributed by atoms with Gasteiger partial charge in [0.15, 0.2) is 0 Å². The molecule has 0 aromatic carbocycles. The number of aromatic nitrogens is 2. The number of pyridine rings is 1. The van der Waals surface area contributed by atoms with Crippen molar-refractivity contribution < 1.29 is 18.8 Å². The molecule has 0 unspecified atom stereocenters. The molecule has 26 heavy (non-hydrogen) atoms. The van der Waals surface area contributed by atoms with Gasteiger partial charge in [0.2, 0.25) is 0 Å². The number of ether oxygens (including phenoxy) is 1. The zero-order valence-corrected chi connectivity index (χ0v) is 17.0. The van der Waals surface area contributed by atoms with Crippen LogP contribution in [0, 0.1) is 0 Å². The third-order valence-corrected chi connectivity index (χ3v) is 5.08. The van der Waals surface area contributed by atoms with Crippen LogP contribution >= 0.6 is 11.6 Å². The number of nitrogens with zero attached hydrogens (tertiary/aromatic N) is 2. The zero-order valence-electron chi connectivity index (χ0n) is 16.2. The number of carbonyl (C=O) groups is 1. The largest absolute Gasteiger partial charge is 0.497 e. The topological polar surface area (TPSA) is 62.6 Å². The first-order chi connectivity index (χ1) is 11.8. The highest BCUT2D eigenvalue weighted by Crippen LogP contribution is 2.37. The molecule has 3 rings (SSSR count). The first-order valence-corrected chi connectivity index (χ1v) is 8.95. The molecule has 0 aliphatic carbocycles. The summed E-state index contributed by atoms with van der Waals surface area (Å²) in [5.74, 6) is 0. The van der Waals surface area contributed by atoms with E-state index >= 15 is 0 Å². The lowest BCUT2D eigenvalue weighted by molar-refractivity contribution is 0.00578. The Morgan fingerprint density at radius 3 is 2.35 bits per heavy atom. The number of carbonyl (C=O) groups excluding carboxylic acids is 1. The molecule has 2 aromatic rings. The van der Waals surface area contributed by atoms with Gasteiger partial charge in [-0.1, -0.05) is 11.6 Å². The van der Waals surface area contributed by atoms with E-state index in [1.54, 1.807) is 18.5 Å². The Kier molecular flexibility index (Phi) is 4.41. The average Bonchev–Trinajstić information content (AvgIpc) is 2.94. The minimum Gasteiger partial charge on any atom is -0.443 e. The van der Waals surface area contributed by atoms with Crippen molar-refractivity contribution in [1.29, 1.82) is 0 Å². The van der Waals surface area contributed by atoms with E-state index in [0.717, 1.165) is 0 Å². The number of hydrogen-bond donors (Lipinski definition) is 0. The van der Waals surface area contributed by atoms with Crippen molar-refractivity contribution in [3.8, 4) is 0 Å². The quantitative estimate of drug-likeness (QED) is 0.558. The Bertz CT molecular complexity index is 854. The Labute approximate surface area is 158 Å². The molecule has 0 radical (unpaired) electrons. The molecule has 1 aliphatic heterocycles. The predicted molar refractivity (Wildman–Crippen MR) is 102 cm³/mol. The van der Waals surface area contributed by atoms with Crippen LogP contribution in [0.3, 0.4) is 0 Å². The lowest BCUT2D eigenvalue weighted by Gasteiger charge is -2.32. The van der Waals surface area contributed by atoms with Gasteiger partial charge in [-0.3, -0.25) is 4.57 Å². The van der Waals surface area contributed by atoms with Crippen LogP contribution in [0.15, 0.2) is 18.5 Å². The molecule has 0 spiro atoms. The summed E-state index contributed by atoms with van der Waals surface area (Å²) in [5.41, 5.74) is -0.374. The van der Waals surface area contributed by atoms with Gasteiger partial charge in [-0.15, -0.1) is 0 Å². The molecule has 0 N–H and O–H groups in total. The molecule has 1 saturated heterocycles. The van der Waals surface area contributed by atoms with Crippen LogP contribution in [0.1, 0.15) is 48.5 Å². The lowest BCUT2D eigenvalue weighted by Crippen LogP contribution is -2.41. The summed E-state index contributed by atoms with van der Waals surface area (Å²) in [5, 5.41) is 0.910. The summed E-state index contributed by atoms with van der Waals surface area (Å²) in [6, 6.07) is 1.72. The number of halogens is 1. The number of fused-ring (bicyclic) bond motifs is 1. The van der Waals surface area contributed by atoms with E-state index in [1.807, 2.05) is 48.5 Å². The summed E-state index contributed by atoms with van der Waals surface area (Å²) < 4.78 is 19.2.